The summed E-state index contributed by atoms with van der Waals surface area (Å²) in [5.41, 5.74) is 0. The van der Waals surface area contributed by atoms with Crippen molar-refractivity contribution in [3.05, 3.63) is 12.2 Å². The van der Waals surface area contributed by atoms with Crippen molar-refractivity contribution in [2.75, 3.05) is 19.6 Å². The molecule has 0 aliphatic carbocycles. The van der Waals surface area contributed by atoms with Crippen LogP contribution in [0.15, 0.2) is 6.33 Å². The number of rotatable bonds is 4. The van der Waals surface area contributed by atoms with Crippen molar-refractivity contribution in [1.29, 1.82) is 0 Å². The van der Waals surface area contributed by atoms with E-state index in [0.717, 1.165) is 44.6 Å². The molecule has 2 N–H and O–H groups in total. The van der Waals surface area contributed by atoms with Gasteiger partial charge in [-0.2, -0.15) is 5.10 Å². The molecule has 1 aromatic rings. The third-order valence-corrected chi connectivity index (χ3v) is 3.22. The average molecular weight is 251 g/mol. The highest BCUT2D eigenvalue weighted by Crippen LogP contribution is 2.09. The number of urea groups is 1. The normalized spacial score (nSPS) is 16.3. The second-order valence-corrected chi connectivity index (χ2v) is 4.67. The van der Waals surface area contributed by atoms with Crippen molar-refractivity contribution in [2.24, 2.45) is 0 Å². The molecular weight excluding hydrogens is 230 g/mol. The quantitative estimate of drug-likeness (QED) is 0.793. The van der Waals surface area contributed by atoms with Gasteiger partial charge in [-0.1, -0.05) is 12.8 Å². The first-order valence-electron chi connectivity index (χ1n) is 6.73. The Hall–Kier alpha value is -1.59. The minimum Gasteiger partial charge on any atom is -0.338 e. The molecule has 2 heterocycles. The second-order valence-electron chi connectivity index (χ2n) is 4.67. The van der Waals surface area contributed by atoms with Crippen LogP contribution in [0.1, 0.15) is 37.9 Å². The molecule has 0 aromatic carbocycles. The molecule has 2 amide bonds. The third kappa shape index (κ3) is 4.01. The van der Waals surface area contributed by atoms with Gasteiger partial charge in [0.05, 0.1) is 0 Å². The maximum Gasteiger partial charge on any atom is 0.317 e. The summed E-state index contributed by atoms with van der Waals surface area (Å²) in [6.45, 7) is 2.48. The zero-order valence-electron chi connectivity index (χ0n) is 10.7. The van der Waals surface area contributed by atoms with Gasteiger partial charge in [-0.05, 0) is 19.3 Å². The Morgan fingerprint density at radius 1 is 1.33 bits per heavy atom. The molecule has 6 nitrogen and oxygen atoms in total. The van der Waals surface area contributed by atoms with Gasteiger partial charge < -0.3 is 10.2 Å². The molecule has 0 saturated carbocycles. The fourth-order valence-electron chi connectivity index (χ4n) is 2.19. The molecule has 1 fully saturated rings. The molecule has 1 saturated heterocycles. The number of aromatic amines is 1. The number of likely N-dealkylation sites (tertiary alicyclic amines) is 1. The average Bonchev–Trinajstić information content (AvgIpc) is 2.74. The Bertz CT molecular complexity index is 343. The molecule has 1 aliphatic heterocycles. The summed E-state index contributed by atoms with van der Waals surface area (Å²) in [5, 5.41) is 9.57. The van der Waals surface area contributed by atoms with Crippen LogP contribution in [-0.4, -0.2) is 45.7 Å². The Morgan fingerprint density at radius 2 is 2.11 bits per heavy atom. The lowest BCUT2D eigenvalue weighted by atomic mass is 10.2. The summed E-state index contributed by atoms with van der Waals surface area (Å²) in [7, 11) is 0. The van der Waals surface area contributed by atoms with Crippen molar-refractivity contribution in [2.45, 2.75) is 38.5 Å². The van der Waals surface area contributed by atoms with Gasteiger partial charge >= 0.3 is 6.03 Å². The summed E-state index contributed by atoms with van der Waals surface area (Å²) in [6.07, 6.45) is 7.96. The van der Waals surface area contributed by atoms with Gasteiger partial charge in [0.2, 0.25) is 0 Å². The number of hydrogen-bond acceptors (Lipinski definition) is 3. The fraction of sp³-hybridized carbons (Fsp3) is 0.750. The Morgan fingerprint density at radius 3 is 2.78 bits per heavy atom. The number of nitrogens with zero attached hydrogens (tertiary/aromatic N) is 3. The minimum atomic E-state index is 0.0782. The van der Waals surface area contributed by atoms with Gasteiger partial charge in [0.1, 0.15) is 12.2 Å². The highest BCUT2D eigenvalue weighted by Gasteiger charge is 2.14. The summed E-state index contributed by atoms with van der Waals surface area (Å²) in [5.74, 6) is 0.874. The van der Waals surface area contributed by atoms with Crippen LogP contribution in [0.25, 0.3) is 0 Å². The van der Waals surface area contributed by atoms with Crippen molar-refractivity contribution >= 4 is 6.03 Å². The van der Waals surface area contributed by atoms with Crippen molar-refractivity contribution in [1.82, 2.24) is 25.4 Å². The number of aromatic nitrogens is 3. The molecule has 0 spiro atoms. The molecule has 0 atom stereocenters. The van der Waals surface area contributed by atoms with E-state index in [4.69, 9.17) is 0 Å². The van der Waals surface area contributed by atoms with Crippen LogP contribution >= 0.6 is 0 Å². The van der Waals surface area contributed by atoms with E-state index in [9.17, 15) is 4.79 Å². The number of amides is 2. The topological polar surface area (TPSA) is 73.9 Å². The van der Waals surface area contributed by atoms with Crippen LogP contribution in [0, 0.1) is 0 Å². The number of aryl methyl sites for hydroxylation is 1. The van der Waals surface area contributed by atoms with E-state index in [1.807, 2.05) is 4.90 Å². The van der Waals surface area contributed by atoms with E-state index in [-0.39, 0.29) is 6.03 Å². The summed E-state index contributed by atoms with van der Waals surface area (Å²) in [6, 6.07) is 0.0782. The lowest BCUT2D eigenvalue weighted by Gasteiger charge is -2.20. The molecule has 0 radical (unpaired) electrons. The van der Waals surface area contributed by atoms with E-state index >= 15 is 0 Å². The highest BCUT2D eigenvalue weighted by molar-refractivity contribution is 5.74. The first-order chi connectivity index (χ1) is 8.86. The number of H-pyrrole nitrogens is 1. The number of hydrogen-bond donors (Lipinski definition) is 2. The zero-order chi connectivity index (χ0) is 12.6. The first kappa shape index (κ1) is 12.9. The summed E-state index contributed by atoms with van der Waals surface area (Å²) < 4.78 is 0. The molecule has 18 heavy (non-hydrogen) atoms. The minimum absolute atomic E-state index is 0.0782. The lowest BCUT2D eigenvalue weighted by molar-refractivity contribution is 0.199. The van der Waals surface area contributed by atoms with Crippen molar-refractivity contribution in [3.63, 3.8) is 0 Å². The maximum absolute atomic E-state index is 11.9. The van der Waals surface area contributed by atoms with Crippen LogP contribution in [0.3, 0.4) is 0 Å². The fourth-order valence-corrected chi connectivity index (χ4v) is 2.19. The largest absolute Gasteiger partial charge is 0.338 e. The smallest absolute Gasteiger partial charge is 0.317 e. The van der Waals surface area contributed by atoms with Crippen LogP contribution in [0.4, 0.5) is 4.79 Å². The number of carbonyl (C=O) groups is 1. The van der Waals surface area contributed by atoms with E-state index in [1.54, 1.807) is 0 Å². The van der Waals surface area contributed by atoms with Crippen LogP contribution < -0.4 is 5.32 Å². The Labute approximate surface area is 107 Å². The van der Waals surface area contributed by atoms with Crippen LogP contribution in [0.2, 0.25) is 0 Å². The van der Waals surface area contributed by atoms with Gasteiger partial charge in [-0.25, -0.2) is 9.78 Å². The zero-order valence-corrected chi connectivity index (χ0v) is 10.7. The standard InChI is InChI=1S/C12H21N5O/c18-12(17-8-3-1-2-4-9-17)13-7-5-6-11-14-10-15-16-11/h10H,1-9H2,(H,13,18)(H,14,15,16). The van der Waals surface area contributed by atoms with Gasteiger partial charge in [-0.15, -0.1) is 0 Å². The molecule has 0 unspecified atom stereocenters. The predicted molar refractivity (Wildman–Crippen MR) is 68.1 cm³/mol. The molecule has 1 aliphatic rings. The van der Waals surface area contributed by atoms with Crippen LogP contribution in [-0.2, 0) is 6.42 Å². The predicted octanol–water partition coefficient (Wildman–Crippen LogP) is 1.32. The van der Waals surface area contributed by atoms with Gasteiger partial charge in [0.25, 0.3) is 0 Å². The number of carbonyl (C=O) groups excluding carboxylic acids is 1. The molecule has 100 valence electrons. The Kier molecular flexibility index (Phi) is 4.99. The molecule has 0 bridgehead atoms. The highest BCUT2D eigenvalue weighted by atomic mass is 16.2. The molecule has 6 heteroatoms. The summed E-state index contributed by atoms with van der Waals surface area (Å²) >= 11 is 0. The monoisotopic (exact) mass is 251 g/mol. The van der Waals surface area contributed by atoms with Gasteiger partial charge in [0, 0.05) is 26.1 Å². The SMILES string of the molecule is O=C(NCCCc1ncn[nH]1)N1CCCCCC1. The first-order valence-corrected chi connectivity index (χ1v) is 6.73. The van der Waals surface area contributed by atoms with E-state index in [1.165, 1.54) is 19.2 Å². The van der Waals surface area contributed by atoms with E-state index < -0.39 is 0 Å². The van der Waals surface area contributed by atoms with Gasteiger partial charge in [-0.3, -0.25) is 5.10 Å². The molecule has 1 aromatic heterocycles. The third-order valence-electron chi connectivity index (χ3n) is 3.22. The van der Waals surface area contributed by atoms with Gasteiger partial charge in [0.15, 0.2) is 0 Å². The van der Waals surface area contributed by atoms with Crippen molar-refractivity contribution in [3.8, 4) is 0 Å². The van der Waals surface area contributed by atoms with E-state index in [2.05, 4.69) is 20.5 Å². The maximum atomic E-state index is 11.9. The van der Waals surface area contributed by atoms with Crippen molar-refractivity contribution < 1.29 is 4.79 Å². The molecular formula is C12H21N5O. The Balaban J connectivity index is 1.61. The lowest BCUT2D eigenvalue weighted by Crippen LogP contribution is -2.40. The summed E-state index contributed by atoms with van der Waals surface area (Å²) in [4.78, 5) is 17.9. The second kappa shape index (κ2) is 6.98. The number of nitrogens with one attached hydrogen (secondary N) is 2. The molecule has 2 rings (SSSR count). The van der Waals surface area contributed by atoms with E-state index in [0.29, 0.717) is 6.54 Å². The van der Waals surface area contributed by atoms with Crippen LogP contribution in [0.5, 0.6) is 0 Å².